The zero-order chi connectivity index (χ0) is 15.9. The third-order valence-electron chi connectivity index (χ3n) is 3.74. The lowest BCUT2D eigenvalue weighted by molar-refractivity contribution is 0.593. The molecule has 1 unspecified atom stereocenters. The van der Waals surface area contributed by atoms with Crippen molar-refractivity contribution < 1.29 is 0 Å². The van der Waals surface area contributed by atoms with Gasteiger partial charge in [-0.25, -0.2) is 0 Å². The monoisotopic (exact) mass is 306 g/mol. The molecule has 3 heterocycles. The Labute approximate surface area is 133 Å². The van der Waals surface area contributed by atoms with E-state index in [1.807, 2.05) is 12.4 Å². The average molecular weight is 306 g/mol. The Morgan fingerprint density at radius 2 is 1.96 bits per heavy atom. The molecule has 7 heteroatoms. The van der Waals surface area contributed by atoms with Gasteiger partial charge in [0.05, 0.1) is 12.4 Å². The molecule has 2 aliphatic heterocycles. The standard InChI is InChI=1S/C16H16N7/c1-11-5-12(2)7-13(6-11)20-16-21-15-10-17-3-4-23(15,22-16)14-8-18-19-9-14/h3-10H,1-2H3,(H,18,19)(H,20,22)/q+1. The maximum atomic E-state index is 4.74. The van der Waals surface area contributed by atoms with Crippen molar-refractivity contribution in [2.24, 2.45) is 15.1 Å². The SMILES string of the molecule is Cc1cc(C)cc(NC2=N[N+]3(c4cn[nH]c4)C=CN=CC3=N2)c1. The fraction of sp³-hybridized carbons (Fsp3) is 0.125. The molecule has 0 saturated carbocycles. The number of benzene rings is 1. The zero-order valence-corrected chi connectivity index (χ0v) is 12.9. The summed E-state index contributed by atoms with van der Waals surface area (Å²) in [5.74, 6) is 1.27. The molecule has 0 bridgehead atoms. The summed E-state index contributed by atoms with van der Waals surface area (Å²) in [6.07, 6.45) is 8.85. The highest BCUT2D eigenvalue weighted by molar-refractivity contribution is 6.38. The minimum absolute atomic E-state index is 0.132. The Kier molecular flexibility index (Phi) is 2.95. The molecule has 0 aliphatic carbocycles. The van der Waals surface area contributed by atoms with Crippen molar-refractivity contribution in [3.63, 3.8) is 0 Å². The molecule has 2 aromatic rings. The molecule has 7 nitrogen and oxygen atoms in total. The van der Waals surface area contributed by atoms with Crippen LogP contribution in [-0.2, 0) is 0 Å². The number of amidine groups is 1. The van der Waals surface area contributed by atoms with Gasteiger partial charge in [0.2, 0.25) is 5.69 Å². The van der Waals surface area contributed by atoms with Gasteiger partial charge in [0.1, 0.15) is 12.4 Å². The Bertz CT molecular complexity index is 854. The first-order valence-corrected chi connectivity index (χ1v) is 7.29. The summed E-state index contributed by atoms with van der Waals surface area (Å²) < 4.78 is 0.132. The Morgan fingerprint density at radius 1 is 1.13 bits per heavy atom. The second-order valence-electron chi connectivity index (χ2n) is 5.61. The van der Waals surface area contributed by atoms with Gasteiger partial charge in [-0.3, -0.25) is 10.1 Å². The molecule has 1 atom stereocenters. The van der Waals surface area contributed by atoms with Crippen molar-refractivity contribution in [3.8, 4) is 0 Å². The number of nitrogens with one attached hydrogen (secondary N) is 2. The average Bonchev–Trinajstić information content (AvgIpc) is 3.13. The fourth-order valence-corrected chi connectivity index (χ4v) is 2.81. The van der Waals surface area contributed by atoms with Gasteiger partial charge in [0.15, 0.2) is 6.20 Å². The predicted molar refractivity (Wildman–Crippen MR) is 92.4 cm³/mol. The quantitative estimate of drug-likeness (QED) is 0.837. The largest absolute Gasteiger partial charge is 0.320 e. The number of nitrogens with zero attached hydrogens (tertiary/aromatic N) is 5. The first kappa shape index (κ1) is 13.6. The summed E-state index contributed by atoms with van der Waals surface area (Å²) in [7, 11) is 0. The van der Waals surface area contributed by atoms with Crippen LogP contribution in [-0.4, -0.2) is 28.2 Å². The van der Waals surface area contributed by atoms with Gasteiger partial charge in [-0.15, -0.1) is 0 Å². The molecule has 1 aromatic heterocycles. The van der Waals surface area contributed by atoms with Crippen LogP contribution in [0.4, 0.5) is 11.4 Å². The van der Waals surface area contributed by atoms with E-state index in [1.165, 1.54) is 11.1 Å². The Balaban J connectivity index is 1.73. The number of anilines is 1. The molecular weight excluding hydrogens is 290 g/mol. The first-order valence-electron chi connectivity index (χ1n) is 7.29. The summed E-state index contributed by atoms with van der Waals surface area (Å²) in [4.78, 5) is 8.74. The number of H-pyrrole nitrogens is 1. The van der Waals surface area contributed by atoms with Crippen molar-refractivity contribution in [2.45, 2.75) is 13.8 Å². The first-order chi connectivity index (χ1) is 11.2. The lowest BCUT2D eigenvalue weighted by Gasteiger charge is -2.21. The highest BCUT2D eigenvalue weighted by Crippen LogP contribution is 2.30. The van der Waals surface area contributed by atoms with Crippen LogP contribution in [0.1, 0.15) is 11.1 Å². The number of aliphatic imine (C=N–C) groups is 2. The summed E-state index contributed by atoms with van der Waals surface area (Å²) in [5, 5.41) is 14.9. The fourth-order valence-electron chi connectivity index (χ4n) is 2.81. The van der Waals surface area contributed by atoms with Crippen LogP contribution in [0, 0.1) is 13.8 Å². The molecule has 114 valence electrons. The number of guanidine groups is 1. The van der Waals surface area contributed by atoms with E-state index in [-0.39, 0.29) is 4.59 Å². The third kappa shape index (κ3) is 2.27. The predicted octanol–water partition coefficient (Wildman–Crippen LogP) is 2.68. The topological polar surface area (TPSA) is 77.8 Å². The summed E-state index contributed by atoms with van der Waals surface area (Å²) in [5.41, 5.74) is 4.23. The van der Waals surface area contributed by atoms with E-state index in [1.54, 1.807) is 18.6 Å². The second kappa shape index (κ2) is 4.99. The van der Waals surface area contributed by atoms with Crippen molar-refractivity contribution in [2.75, 3.05) is 5.32 Å². The van der Waals surface area contributed by atoms with Crippen LogP contribution >= 0.6 is 0 Å². The van der Waals surface area contributed by atoms with Crippen LogP contribution in [0.2, 0.25) is 0 Å². The van der Waals surface area contributed by atoms with E-state index in [0.717, 1.165) is 17.2 Å². The summed E-state index contributed by atoms with van der Waals surface area (Å²) in [6.45, 7) is 4.14. The van der Waals surface area contributed by atoms with Gasteiger partial charge in [0.25, 0.3) is 11.8 Å². The number of aromatic amines is 1. The molecule has 4 rings (SSSR count). The van der Waals surface area contributed by atoms with Gasteiger partial charge in [0, 0.05) is 5.69 Å². The van der Waals surface area contributed by atoms with Crippen LogP contribution in [0.25, 0.3) is 0 Å². The molecule has 2 aliphatic rings. The number of aryl methyl sites for hydroxylation is 2. The van der Waals surface area contributed by atoms with Crippen LogP contribution in [0.5, 0.6) is 0 Å². The summed E-state index contributed by atoms with van der Waals surface area (Å²) in [6, 6.07) is 6.27. The van der Waals surface area contributed by atoms with E-state index in [9.17, 15) is 0 Å². The zero-order valence-electron chi connectivity index (χ0n) is 12.9. The van der Waals surface area contributed by atoms with E-state index in [4.69, 9.17) is 5.10 Å². The van der Waals surface area contributed by atoms with E-state index >= 15 is 0 Å². The van der Waals surface area contributed by atoms with Gasteiger partial charge >= 0.3 is 0 Å². The molecular formula is C16H16N7+. The van der Waals surface area contributed by atoms with Gasteiger partial charge in [-0.05, 0) is 42.2 Å². The van der Waals surface area contributed by atoms with Crippen molar-refractivity contribution in [1.29, 1.82) is 0 Å². The number of aromatic nitrogens is 2. The van der Waals surface area contributed by atoms with Gasteiger partial charge in [-0.1, -0.05) is 10.7 Å². The van der Waals surface area contributed by atoms with Crippen molar-refractivity contribution in [3.05, 3.63) is 54.1 Å². The smallest absolute Gasteiger partial charge is 0.287 e. The lowest BCUT2D eigenvalue weighted by Crippen LogP contribution is -2.44. The van der Waals surface area contributed by atoms with E-state index in [0.29, 0.717) is 5.96 Å². The number of rotatable bonds is 2. The van der Waals surface area contributed by atoms with Crippen LogP contribution < -0.4 is 9.91 Å². The molecule has 0 spiro atoms. The second-order valence-corrected chi connectivity index (χ2v) is 5.61. The molecule has 0 amide bonds. The Hall–Kier alpha value is -3.06. The maximum Gasteiger partial charge on any atom is 0.287 e. The van der Waals surface area contributed by atoms with Crippen molar-refractivity contribution >= 4 is 29.4 Å². The minimum atomic E-state index is 0.132. The number of hydrogen-bond donors (Lipinski definition) is 2. The highest BCUT2D eigenvalue weighted by atomic mass is 15.7. The van der Waals surface area contributed by atoms with Crippen LogP contribution in [0.15, 0.2) is 58.1 Å². The minimum Gasteiger partial charge on any atom is -0.320 e. The van der Waals surface area contributed by atoms with E-state index < -0.39 is 0 Å². The third-order valence-corrected chi connectivity index (χ3v) is 3.74. The Morgan fingerprint density at radius 3 is 2.70 bits per heavy atom. The van der Waals surface area contributed by atoms with E-state index in [2.05, 4.69) is 57.5 Å². The number of fused-ring (bicyclic) bond motifs is 1. The maximum absolute atomic E-state index is 4.74. The molecule has 0 saturated heterocycles. The summed E-state index contributed by atoms with van der Waals surface area (Å²) >= 11 is 0. The van der Waals surface area contributed by atoms with Crippen LogP contribution in [0.3, 0.4) is 0 Å². The molecule has 1 aromatic carbocycles. The molecule has 0 fully saturated rings. The van der Waals surface area contributed by atoms with Gasteiger partial charge in [-0.2, -0.15) is 10.1 Å². The van der Waals surface area contributed by atoms with Gasteiger partial charge < -0.3 is 5.32 Å². The molecule has 0 radical (unpaired) electrons. The number of hydrogen-bond acceptors (Lipinski definition) is 5. The molecule has 2 N–H and O–H groups in total. The highest BCUT2D eigenvalue weighted by Gasteiger charge is 2.43. The normalized spacial score (nSPS) is 21.8. The lowest BCUT2D eigenvalue weighted by atomic mass is 10.1. The number of quaternary nitrogens is 1. The van der Waals surface area contributed by atoms with Crippen molar-refractivity contribution in [1.82, 2.24) is 14.8 Å². The molecule has 23 heavy (non-hydrogen) atoms.